The molecular formula is C15H29N3O2. The molecule has 1 heterocycles. The largest absolute Gasteiger partial charge is 0.396 e. The number of nitrogens with one attached hydrogen (secondary N) is 2. The van der Waals surface area contributed by atoms with Crippen LogP contribution in [0.4, 0.5) is 4.79 Å². The van der Waals surface area contributed by atoms with Crippen LogP contribution in [0.15, 0.2) is 0 Å². The fourth-order valence-electron chi connectivity index (χ4n) is 3.63. The lowest BCUT2D eigenvalue weighted by atomic mass is 9.86. The first-order valence-corrected chi connectivity index (χ1v) is 7.98. The number of aliphatic hydroxyl groups excluding tert-OH is 1. The maximum atomic E-state index is 12.0. The van der Waals surface area contributed by atoms with Crippen molar-refractivity contribution in [3.63, 3.8) is 0 Å². The molecule has 116 valence electrons. The molecule has 5 nitrogen and oxygen atoms in total. The predicted molar refractivity (Wildman–Crippen MR) is 79.6 cm³/mol. The Bertz CT molecular complexity index is 337. The van der Waals surface area contributed by atoms with E-state index < -0.39 is 0 Å². The molecular weight excluding hydrogens is 254 g/mol. The summed E-state index contributed by atoms with van der Waals surface area (Å²) in [5.74, 6) is 0. The van der Waals surface area contributed by atoms with Crippen LogP contribution in [-0.2, 0) is 0 Å². The van der Waals surface area contributed by atoms with Gasteiger partial charge in [0.1, 0.15) is 0 Å². The average Bonchev–Trinajstić information content (AvgIpc) is 3.04. The summed E-state index contributed by atoms with van der Waals surface area (Å²) in [5.41, 5.74) is -0.153. The van der Waals surface area contributed by atoms with E-state index in [0.717, 1.165) is 38.9 Å². The minimum atomic E-state index is -0.153. The topological polar surface area (TPSA) is 64.6 Å². The fraction of sp³-hybridized carbons (Fsp3) is 0.933. The van der Waals surface area contributed by atoms with Crippen LogP contribution in [0.5, 0.6) is 0 Å². The summed E-state index contributed by atoms with van der Waals surface area (Å²) in [6, 6.07) is 0.497. The Morgan fingerprint density at radius 3 is 2.90 bits per heavy atom. The molecule has 1 saturated carbocycles. The van der Waals surface area contributed by atoms with E-state index in [4.69, 9.17) is 0 Å². The van der Waals surface area contributed by atoms with Gasteiger partial charge in [0.25, 0.3) is 0 Å². The maximum absolute atomic E-state index is 12.0. The van der Waals surface area contributed by atoms with Gasteiger partial charge in [-0.05, 0) is 38.8 Å². The van der Waals surface area contributed by atoms with E-state index in [1.165, 1.54) is 12.8 Å². The molecule has 0 aromatic carbocycles. The molecule has 2 fully saturated rings. The van der Waals surface area contributed by atoms with Gasteiger partial charge in [-0.25, -0.2) is 4.79 Å². The summed E-state index contributed by atoms with van der Waals surface area (Å²) in [7, 11) is 0. The Balaban J connectivity index is 1.75. The number of hydrogen-bond donors (Lipinski definition) is 3. The first-order valence-electron chi connectivity index (χ1n) is 7.98. The van der Waals surface area contributed by atoms with Crippen LogP contribution in [0, 0.1) is 5.41 Å². The molecule has 1 aliphatic heterocycles. The van der Waals surface area contributed by atoms with Crippen LogP contribution in [-0.4, -0.2) is 54.4 Å². The zero-order valence-electron chi connectivity index (χ0n) is 12.8. The molecule has 2 aliphatic rings. The van der Waals surface area contributed by atoms with Crippen molar-refractivity contribution in [2.45, 2.75) is 58.0 Å². The lowest BCUT2D eigenvalue weighted by Gasteiger charge is -2.30. The second kappa shape index (κ2) is 6.76. The Morgan fingerprint density at radius 2 is 2.20 bits per heavy atom. The van der Waals surface area contributed by atoms with Gasteiger partial charge in [-0.1, -0.05) is 20.3 Å². The molecule has 3 N–H and O–H groups in total. The molecule has 2 amide bonds. The number of rotatable bonds is 5. The van der Waals surface area contributed by atoms with E-state index in [0.29, 0.717) is 6.04 Å². The van der Waals surface area contributed by atoms with Crippen molar-refractivity contribution in [3.8, 4) is 0 Å². The van der Waals surface area contributed by atoms with E-state index in [-0.39, 0.29) is 24.1 Å². The lowest BCUT2D eigenvalue weighted by Crippen LogP contribution is -2.50. The molecule has 0 radical (unpaired) electrons. The van der Waals surface area contributed by atoms with Crippen molar-refractivity contribution < 1.29 is 9.90 Å². The predicted octanol–water partition coefficient (Wildman–Crippen LogP) is 1.32. The van der Waals surface area contributed by atoms with Crippen LogP contribution in [0.25, 0.3) is 0 Å². The van der Waals surface area contributed by atoms with Gasteiger partial charge in [0, 0.05) is 24.0 Å². The van der Waals surface area contributed by atoms with Crippen LogP contribution in [0.3, 0.4) is 0 Å². The number of carbonyl (C=O) groups excluding carboxylic acids is 1. The SMILES string of the molecule is CCN1CCCC1CNC(=O)NC1CCCC1(C)CO. The Kier molecular flexibility index (Phi) is 5.27. The van der Waals surface area contributed by atoms with Crippen LogP contribution in [0.2, 0.25) is 0 Å². The number of hydrogen-bond acceptors (Lipinski definition) is 3. The molecule has 2 rings (SSSR count). The summed E-state index contributed by atoms with van der Waals surface area (Å²) in [5, 5.41) is 15.6. The quantitative estimate of drug-likeness (QED) is 0.713. The highest BCUT2D eigenvalue weighted by Crippen LogP contribution is 2.37. The van der Waals surface area contributed by atoms with Gasteiger partial charge in [0.05, 0.1) is 6.61 Å². The monoisotopic (exact) mass is 283 g/mol. The standard InChI is InChI=1S/C15H29N3O2/c1-3-18-9-5-6-12(18)10-16-14(20)17-13-7-4-8-15(13,2)11-19/h12-13,19H,3-11H2,1-2H3,(H2,16,17,20). The van der Waals surface area contributed by atoms with Gasteiger partial charge in [-0.15, -0.1) is 0 Å². The zero-order chi connectivity index (χ0) is 14.6. The van der Waals surface area contributed by atoms with Crippen LogP contribution < -0.4 is 10.6 Å². The van der Waals surface area contributed by atoms with Gasteiger partial charge in [0.15, 0.2) is 0 Å². The van der Waals surface area contributed by atoms with Gasteiger partial charge < -0.3 is 15.7 Å². The highest BCUT2D eigenvalue weighted by Gasteiger charge is 2.39. The average molecular weight is 283 g/mol. The van der Waals surface area contributed by atoms with E-state index >= 15 is 0 Å². The number of nitrogens with zero attached hydrogens (tertiary/aromatic N) is 1. The van der Waals surface area contributed by atoms with Gasteiger partial charge >= 0.3 is 6.03 Å². The second-order valence-electron chi connectivity index (χ2n) is 6.54. The maximum Gasteiger partial charge on any atom is 0.315 e. The lowest BCUT2D eigenvalue weighted by molar-refractivity contribution is 0.121. The first kappa shape index (κ1) is 15.6. The molecule has 1 saturated heterocycles. The molecule has 0 aromatic heterocycles. The fourth-order valence-corrected chi connectivity index (χ4v) is 3.63. The third-order valence-electron chi connectivity index (χ3n) is 5.15. The van der Waals surface area contributed by atoms with Crippen molar-refractivity contribution >= 4 is 6.03 Å². The molecule has 0 bridgehead atoms. The summed E-state index contributed by atoms with van der Waals surface area (Å²) in [6.07, 6.45) is 5.43. The Labute approximate surface area is 122 Å². The number of aliphatic hydroxyl groups is 1. The summed E-state index contributed by atoms with van der Waals surface area (Å²) < 4.78 is 0. The molecule has 1 aliphatic carbocycles. The second-order valence-corrected chi connectivity index (χ2v) is 6.54. The Hall–Kier alpha value is -0.810. The molecule has 3 atom stereocenters. The van der Waals surface area contributed by atoms with Crippen molar-refractivity contribution in [1.82, 2.24) is 15.5 Å². The summed E-state index contributed by atoms with van der Waals surface area (Å²) in [6.45, 7) is 7.30. The first-order chi connectivity index (χ1) is 9.59. The zero-order valence-corrected chi connectivity index (χ0v) is 12.8. The molecule has 20 heavy (non-hydrogen) atoms. The van der Waals surface area contributed by atoms with E-state index in [9.17, 15) is 9.90 Å². The molecule has 0 aromatic rings. The minimum Gasteiger partial charge on any atom is -0.396 e. The van der Waals surface area contributed by atoms with Crippen molar-refractivity contribution in [3.05, 3.63) is 0 Å². The summed E-state index contributed by atoms with van der Waals surface area (Å²) >= 11 is 0. The number of likely N-dealkylation sites (tertiary alicyclic amines) is 1. The van der Waals surface area contributed by atoms with Gasteiger partial charge in [-0.2, -0.15) is 0 Å². The minimum absolute atomic E-state index is 0.0838. The van der Waals surface area contributed by atoms with Crippen molar-refractivity contribution in [2.24, 2.45) is 5.41 Å². The molecule has 5 heteroatoms. The number of likely N-dealkylation sites (N-methyl/N-ethyl adjacent to an activating group) is 1. The molecule has 0 spiro atoms. The third-order valence-corrected chi connectivity index (χ3v) is 5.15. The normalized spacial score (nSPS) is 34.4. The smallest absolute Gasteiger partial charge is 0.315 e. The number of urea groups is 1. The number of carbonyl (C=O) groups is 1. The number of amides is 2. The van der Waals surface area contributed by atoms with E-state index in [2.05, 4.69) is 29.4 Å². The van der Waals surface area contributed by atoms with Crippen molar-refractivity contribution in [2.75, 3.05) is 26.2 Å². The third kappa shape index (κ3) is 3.44. The van der Waals surface area contributed by atoms with Gasteiger partial charge in [0.2, 0.25) is 0 Å². The highest BCUT2D eigenvalue weighted by molar-refractivity contribution is 5.74. The van der Waals surface area contributed by atoms with Crippen LogP contribution in [0.1, 0.15) is 46.0 Å². The van der Waals surface area contributed by atoms with Crippen molar-refractivity contribution in [1.29, 1.82) is 0 Å². The Morgan fingerprint density at radius 1 is 1.40 bits per heavy atom. The van der Waals surface area contributed by atoms with Gasteiger partial charge in [-0.3, -0.25) is 4.90 Å². The summed E-state index contributed by atoms with van der Waals surface area (Å²) in [4.78, 5) is 14.5. The van der Waals surface area contributed by atoms with Crippen LogP contribution >= 0.6 is 0 Å². The molecule has 3 unspecified atom stereocenters. The van der Waals surface area contributed by atoms with E-state index in [1.54, 1.807) is 0 Å². The highest BCUT2D eigenvalue weighted by atomic mass is 16.3. The van der Waals surface area contributed by atoms with E-state index in [1.807, 2.05) is 0 Å².